The fourth-order valence-corrected chi connectivity index (χ4v) is 4.57. The molecule has 1 aliphatic carbocycles. The number of hydrogen-bond donors (Lipinski definition) is 1. The van der Waals surface area contributed by atoms with Gasteiger partial charge >= 0.3 is 6.18 Å². The molecule has 1 saturated heterocycles. The molecule has 2 fully saturated rings. The van der Waals surface area contributed by atoms with Crippen LogP contribution in [0.1, 0.15) is 47.7 Å². The van der Waals surface area contributed by atoms with Gasteiger partial charge in [-0.2, -0.15) is 13.2 Å². The molecule has 0 spiro atoms. The predicted octanol–water partition coefficient (Wildman–Crippen LogP) is 3.15. The van der Waals surface area contributed by atoms with Gasteiger partial charge in [0.2, 0.25) is 0 Å². The van der Waals surface area contributed by atoms with Crippen LogP contribution in [-0.2, 0) is 11.7 Å². The van der Waals surface area contributed by atoms with Crippen molar-refractivity contribution in [2.24, 2.45) is 5.92 Å². The molecular weight excluding hydrogens is 305 g/mol. The first kappa shape index (κ1) is 15.0. The fourth-order valence-electron chi connectivity index (χ4n) is 4.57. The minimum absolute atomic E-state index is 0.0509. The molecule has 1 aromatic carbocycles. The fraction of sp³-hybridized carbons (Fsp3) is 0.588. The maximum Gasteiger partial charge on any atom is 0.417 e. The molecule has 2 aliphatic heterocycles. The third-order valence-electron chi connectivity index (χ3n) is 5.62. The molecule has 3 aliphatic rings. The van der Waals surface area contributed by atoms with Crippen molar-refractivity contribution in [1.82, 2.24) is 10.2 Å². The van der Waals surface area contributed by atoms with Crippen molar-refractivity contribution in [3.8, 4) is 0 Å². The molecular formula is C17H19F3N2O. The Morgan fingerprint density at radius 1 is 1.35 bits per heavy atom. The lowest BCUT2D eigenvalue weighted by atomic mass is 9.76. The molecule has 1 saturated carbocycles. The Morgan fingerprint density at radius 2 is 2.09 bits per heavy atom. The molecule has 3 nitrogen and oxygen atoms in total. The Kier molecular flexibility index (Phi) is 3.08. The lowest BCUT2D eigenvalue weighted by Crippen LogP contribution is -2.64. The lowest BCUT2D eigenvalue weighted by Gasteiger charge is -2.49. The molecule has 1 amide bonds. The largest absolute Gasteiger partial charge is 0.417 e. The standard InChI is InChI=1S/C17H19F3N2O/c1-2-16-11-4-3-5-12(17(18,19)20)13(11)15(23)22(16)9-8-21-14(16)10-6-7-10/h3-5,10,14,21H,2,6-9H2,1H3/t14-,16+/m0/s1. The van der Waals surface area contributed by atoms with Gasteiger partial charge in [0.1, 0.15) is 0 Å². The van der Waals surface area contributed by atoms with Crippen LogP contribution in [0.4, 0.5) is 13.2 Å². The highest BCUT2D eigenvalue weighted by atomic mass is 19.4. The monoisotopic (exact) mass is 324 g/mol. The van der Waals surface area contributed by atoms with Crippen molar-refractivity contribution in [3.63, 3.8) is 0 Å². The summed E-state index contributed by atoms with van der Waals surface area (Å²) in [5, 5.41) is 3.49. The topological polar surface area (TPSA) is 32.3 Å². The molecule has 0 unspecified atom stereocenters. The van der Waals surface area contributed by atoms with Crippen molar-refractivity contribution in [1.29, 1.82) is 0 Å². The minimum Gasteiger partial charge on any atom is -0.326 e. The smallest absolute Gasteiger partial charge is 0.326 e. The summed E-state index contributed by atoms with van der Waals surface area (Å²) in [6.45, 7) is 3.07. The van der Waals surface area contributed by atoms with Crippen LogP contribution in [0.15, 0.2) is 18.2 Å². The number of amides is 1. The van der Waals surface area contributed by atoms with E-state index >= 15 is 0 Å². The van der Waals surface area contributed by atoms with E-state index in [-0.39, 0.29) is 11.6 Å². The normalized spacial score (nSPS) is 30.3. The Morgan fingerprint density at radius 3 is 2.70 bits per heavy atom. The number of carbonyl (C=O) groups is 1. The van der Waals surface area contributed by atoms with Crippen LogP contribution in [0.25, 0.3) is 0 Å². The van der Waals surface area contributed by atoms with E-state index in [2.05, 4.69) is 5.32 Å². The van der Waals surface area contributed by atoms with Crippen molar-refractivity contribution in [2.75, 3.05) is 13.1 Å². The molecule has 2 heterocycles. The molecule has 4 rings (SSSR count). The van der Waals surface area contributed by atoms with E-state index in [9.17, 15) is 18.0 Å². The maximum absolute atomic E-state index is 13.4. The van der Waals surface area contributed by atoms with Crippen LogP contribution >= 0.6 is 0 Å². The molecule has 124 valence electrons. The van der Waals surface area contributed by atoms with Gasteiger partial charge in [-0.25, -0.2) is 0 Å². The maximum atomic E-state index is 13.4. The Bertz CT molecular complexity index is 668. The molecule has 0 aromatic heterocycles. The first-order chi connectivity index (χ1) is 10.9. The van der Waals surface area contributed by atoms with Crippen molar-refractivity contribution in [2.45, 2.75) is 43.9 Å². The summed E-state index contributed by atoms with van der Waals surface area (Å²) >= 11 is 0. The van der Waals surface area contributed by atoms with Crippen LogP contribution in [0, 0.1) is 5.92 Å². The second-order valence-electron chi connectivity index (χ2n) is 6.73. The van der Waals surface area contributed by atoms with Gasteiger partial charge in [0.05, 0.1) is 16.7 Å². The van der Waals surface area contributed by atoms with Gasteiger partial charge in [0.15, 0.2) is 0 Å². The Balaban J connectivity index is 1.95. The second-order valence-corrected chi connectivity index (χ2v) is 6.73. The SMILES string of the molecule is CC[C@]12c3cccc(C(F)(F)F)c3C(=O)N1CCN[C@H]2C1CC1. The van der Waals surface area contributed by atoms with Crippen molar-refractivity contribution in [3.05, 3.63) is 34.9 Å². The molecule has 2 atom stereocenters. The van der Waals surface area contributed by atoms with Crippen LogP contribution < -0.4 is 5.32 Å². The first-order valence-electron chi connectivity index (χ1n) is 8.17. The summed E-state index contributed by atoms with van der Waals surface area (Å²) in [6.07, 6.45) is -1.72. The molecule has 6 heteroatoms. The Hall–Kier alpha value is -1.56. The summed E-state index contributed by atoms with van der Waals surface area (Å²) < 4.78 is 40.2. The van der Waals surface area contributed by atoms with Crippen molar-refractivity contribution >= 4 is 5.91 Å². The summed E-state index contributed by atoms with van der Waals surface area (Å²) in [5.41, 5.74) is -0.996. The number of alkyl halides is 3. The third kappa shape index (κ3) is 1.90. The van der Waals surface area contributed by atoms with E-state index in [4.69, 9.17) is 0 Å². The zero-order valence-electron chi connectivity index (χ0n) is 12.9. The van der Waals surface area contributed by atoms with E-state index < -0.39 is 23.2 Å². The number of fused-ring (bicyclic) bond motifs is 3. The Labute approximate surface area is 132 Å². The van der Waals surface area contributed by atoms with Crippen LogP contribution in [0.2, 0.25) is 0 Å². The summed E-state index contributed by atoms with van der Waals surface area (Å²) in [7, 11) is 0. The number of hydrogen-bond acceptors (Lipinski definition) is 2. The number of benzene rings is 1. The van der Waals surface area contributed by atoms with Gasteiger partial charge < -0.3 is 10.2 Å². The average molecular weight is 324 g/mol. The number of carbonyl (C=O) groups excluding carboxylic acids is 1. The molecule has 1 N–H and O–H groups in total. The summed E-state index contributed by atoms with van der Waals surface area (Å²) in [6, 6.07) is 4.23. The third-order valence-corrected chi connectivity index (χ3v) is 5.62. The zero-order chi connectivity index (χ0) is 16.4. The number of nitrogens with zero attached hydrogens (tertiary/aromatic N) is 1. The quantitative estimate of drug-likeness (QED) is 0.906. The van der Waals surface area contributed by atoms with E-state index in [1.54, 1.807) is 11.0 Å². The number of rotatable bonds is 2. The van der Waals surface area contributed by atoms with Gasteiger partial charge in [-0.3, -0.25) is 4.79 Å². The minimum atomic E-state index is -4.51. The zero-order valence-corrected chi connectivity index (χ0v) is 12.9. The molecule has 0 bridgehead atoms. The molecule has 1 aromatic rings. The van der Waals surface area contributed by atoms with Crippen molar-refractivity contribution < 1.29 is 18.0 Å². The van der Waals surface area contributed by atoms with Crippen LogP contribution in [0.5, 0.6) is 0 Å². The molecule has 23 heavy (non-hydrogen) atoms. The van der Waals surface area contributed by atoms with Crippen LogP contribution in [0.3, 0.4) is 0 Å². The van der Waals surface area contributed by atoms with Gasteiger partial charge in [-0.1, -0.05) is 19.1 Å². The highest BCUT2D eigenvalue weighted by molar-refractivity contribution is 6.02. The molecule has 0 radical (unpaired) electrons. The highest BCUT2D eigenvalue weighted by Gasteiger charge is 2.59. The lowest BCUT2D eigenvalue weighted by molar-refractivity contribution is -0.137. The highest BCUT2D eigenvalue weighted by Crippen LogP contribution is 2.53. The number of nitrogens with one attached hydrogen (secondary N) is 1. The van der Waals surface area contributed by atoms with Gasteiger partial charge in [-0.15, -0.1) is 0 Å². The van der Waals surface area contributed by atoms with E-state index in [0.717, 1.165) is 18.9 Å². The van der Waals surface area contributed by atoms with Crippen LogP contribution in [-0.4, -0.2) is 29.9 Å². The first-order valence-corrected chi connectivity index (χ1v) is 8.17. The van der Waals surface area contributed by atoms with E-state index in [0.29, 0.717) is 31.0 Å². The summed E-state index contributed by atoms with van der Waals surface area (Å²) in [4.78, 5) is 14.6. The number of piperazine rings is 1. The van der Waals surface area contributed by atoms with Gasteiger partial charge in [0.25, 0.3) is 5.91 Å². The van der Waals surface area contributed by atoms with Gasteiger partial charge in [-0.05, 0) is 36.8 Å². The average Bonchev–Trinajstić information content (AvgIpc) is 3.33. The predicted molar refractivity (Wildman–Crippen MR) is 79.0 cm³/mol. The van der Waals surface area contributed by atoms with Gasteiger partial charge in [0, 0.05) is 19.1 Å². The number of halogens is 3. The second kappa shape index (κ2) is 4.72. The van der Waals surface area contributed by atoms with E-state index in [1.807, 2.05) is 6.92 Å². The van der Waals surface area contributed by atoms with E-state index in [1.165, 1.54) is 6.07 Å². The summed E-state index contributed by atoms with van der Waals surface area (Å²) in [5.74, 6) is -0.00651.